The topological polar surface area (TPSA) is 55.1 Å². The van der Waals surface area contributed by atoms with E-state index in [1.165, 1.54) is 44.9 Å². The van der Waals surface area contributed by atoms with Gasteiger partial charge in [0, 0.05) is 12.0 Å². The number of hydrogen-bond acceptors (Lipinski definition) is 2. The molecule has 0 spiro atoms. The molecule has 0 aromatic rings. The van der Waals surface area contributed by atoms with Gasteiger partial charge in [0.2, 0.25) is 5.91 Å². The van der Waals surface area contributed by atoms with Crippen LogP contribution in [0.3, 0.4) is 0 Å². The zero-order chi connectivity index (χ0) is 12.1. The van der Waals surface area contributed by atoms with E-state index < -0.39 is 0 Å². The highest BCUT2D eigenvalue weighted by atomic mass is 16.1. The Balaban J connectivity index is 1.84. The van der Waals surface area contributed by atoms with Crippen LogP contribution >= 0.6 is 0 Å². The Bertz CT molecular complexity index is 249. The molecular weight excluding hydrogens is 212 g/mol. The molecule has 0 bridgehead atoms. The fraction of sp³-hybridized carbons (Fsp3) is 0.929. The van der Waals surface area contributed by atoms with E-state index in [1.54, 1.807) is 0 Å². The first-order valence-electron chi connectivity index (χ1n) is 7.31. The summed E-state index contributed by atoms with van der Waals surface area (Å²) in [5.41, 5.74) is 5.78. The van der Waals surface area contributed by atoms with Crippen LogP contribution in [0.1, 0.15) is 57.8 Å². The summed E-state index contributed by atoms with van der Waals surface area (Å²) >= 11 is 0. The molecule has 17 heavy (non-hydrogen) atoms. The summed E-state index contributed by atoms with van der Waals surface area (Å²) in [4.78, 5) is 12.3. The van der Waals surface area contributed by atoms with Gasteiger partial charge >= 0.3 is 0 Å². The molecule has 3 nitrogen and oxygen atoms in total. The van der Waals surface area contributed by atoms with Crippen LogP contribution in [0.4, 0.5) is 0 Å². The lowest BCUT2D eigenvalue weighted by atomic mass is 9.78. The maximum Gasteiger partial charge on any atom is 0.223 e. The molecule has 0 aliphatic heterocycles. The number of hydrogen-bond donors (Lipinski definition) is 2. The summed E-state index contributed by atoms with van der Waals surface area (Å²) in [6, 6.07) is 0.441. The minimum absolute atomic E-state index is 0.190. The van der Waals surface area contributed by atoms with Gasteiger partial charge < -0.3 is 11.1 Å². The van der Waals surface area contributed by atoms with Crippen molar-refractivity contribution in [3.05, 3.63) is 0 Å². The number of amides is 1. The first kappa shape index (κ1) is 12.9. The number of nitrogens with two attached hydrogens (primary N) is 1. The van der Waals surface area contributed by atoms with Crippen molar-refractivity contribution in [3.8, 4) is 0 Å². The predicted octanol–water partition coefficient (Wildman–Crippen LogP) is 2.20. The Morgan fingerprint density at radius 1 is 1.00 bits per heavy atom. The van der Waals surface area contributed by atoms with Gasteiger partial charge in [0.1, 0.15) is 0 Å². The van der Waals surface area contributed by atoms with Crippen LogP contribution in [0.2, 0.25) is 0 Å². The third kappa shape index (κ3) is 3.44. The van der Waals surface area contributed by atoms with Gasteiger partial charge in [-0.05, 0) is 38.1 Å². The second kappa shape index (κ2) is 6.39. The van der Waals surface area contributed by atoms with Gasteiger partial charge in [-0.3, -0.25) is 4.79 Å². The predicted molar refractivity (Wildman–Crippen MR) is 69.5 cm³/mol. The smallest absolute Gasteiger partial charge is 0.223 e. The monoisotopic (exact) mass is 238 g/mol. The Labute approximate surface area is 105 Å². The molecule has 0 aromatic carbocycles. The maximum atomic E-state index is 12.3. The minimum atomic E-state index is 0.190. The SMILES string of the molecule is NCC1CCCCC1C(=O)NC1CCCCC1. The molecule has 0 saturated heterocycles. The summed E-state index contributed by atoms with van der Waals surface area (Å²) in [7, 11) is 0. The number of carbonyl (C=O) groups is 1. The van der Waals surface area contributed by atoms with Gasteiger partial charge in [-0.2, -0.15) is 0 Å². The highest BCUT2D eigenvalue weighted by molar-refractivity contribution is 5.79. The molecule has 2 aliphatic carbocycles. The molecule has 2 fully saturated rings. The molecule has 3 N–H and O–H groups in total. The number of nitrogens with one attached hydrogen (secondary N) is 1. The van der Waals surface area contributed by atoms with E-state index in [2.05, 4.69) is 5.32 Å². The normalized spacial score (nSPS) is 31.1. The number of rotatable bonds is 3. The standard InChI is InChI=1S/C14H26N2O/c15-10-11-6-4-5-9-13(11)14(17)16-12-7-2-1-3-8-12/h11-13H,1-10,15H2,(H,16,17). The van der Waals surface area contributed by atoms with Crippen LogP contribution in [0.5, 0.6) is 0 Å². The molecule has 2 rings (SSSR count). The van der Waals surface area contributed by atoms with Crippen LogP contribution in [0.25, 0.3) is 0 Å². The molecule has 2 atom stereocenters. The lowest BCUT2D eigenvalue weighted by Gasteiger charge is -2.32. The highest BCUT2D eigenvalue weighted by Gasteiger charge is 2.31. The Kier molecular flexibility index (Phi) is 4.84. The average Bonchev–Trinajstić information content (AvgIpc) is 2.40. The van der Waals surface area contributed by atoms with Crippen molar-refractivity contribution in [2.24, 2.45) is 17.6 Å². The first-order valence-corrected chi connectivity index (χ1v) is 7.31. The summed E-state index contributed by atoms with van der Waals surface area (Å²) < 4.78 is 0. The molecule has 0 radical (unpaired) electrons. The zero-order valence-electron chi connectivity index (χ0n) is 10.8. The summed E-state index contributed by atoms with van der Waals surface area (Å²) in [5, 5.41) is 3.26. The molecule has 0 heterocycles. The molecule has 2 unspecified atom stereocenters. The zero-order valence-corrected chi connectivity index (χ0v) is 10.8. The van der Waals surface area contributed by atoms with Gasteiger partial charge in [-0.1, -0.05) is 32.1 Å². The largest absolute Gasteiger partial charge is 0.353 e. The van der Waals surface area contributed by atoms with Crippen molar-refractivity contribution in [2.75, 3.05) is 6.54 Å². The van der Waals surface area contributed by atoms with E-state index in [1.807, 2.05) is 0 Å². The maximum absolute atomic E-state index is 12.3. The molecule has 0 aromatic heterocycles. The van der Waals surface area contributed by atoms with E-state index in [0.717, 1.165) is 12.8 Å². The Morgan fingerprint density at radius 2 is 1.65 bits per heavy atom. The lowest BCUT2D eigenvalue weighted by Crippen LogP contribution is -2.44. The quantitative estimate of drug-likeness (QED) is 0.792. The van der Waals surface area contributed by atoms with Crippen molar-refractivity contribution in [1.29, 1.82) is 0 Å². The first-order chi connectivity index (χ1) is 8.31. The lowest BCUT2D eigenvalue weighted by molar-refractivity contribution is -0.128. The fourth-order valence-electron chi connectivity index (χ4n) is 3.39. The molecular formula is C14H26N2O. The van der Waals surface area contributed by atoms with Gasteiger partial charge in [0.25, 0.3) is 0 Å². The van der Waals surface area contributed by atoms with E-state index in [0.29, 0.717) is 18.5 Å². The van der Waals surface area contributed by atoms with Gasteiger partial charge in [-0.15, -0.1) is 0 Å². The second-order valence-corrected chi connectivity index (χ2v) is 5.73. The van der Waals surface area contributed by atoms with Crippen LogP contribution in [-0.2, 0) is 4.79 Å². The Hall–Kier alpha value is -0.570. The van der Waals surface area contributed by atoms with Crippen LogP contribution < -0.4 is 11.1 Å². The summed E-state index contributed by atoms with van der Waals surface area (Å²) in [6.45, 7) is 0.669. The Morgan fingerprint density at radius 3 is 2.35 bits per heavy atom. The molecule has 1 amide bonds. The highest BCUT2D eigenvalue weighted by Crippen LogP contribution is 2.30. The van der Waals surface area contributed by atoms with Gasteiger partial charge in [0.05, 0.1) is 0 Å². The summed E-state index contributed by atoms with van der Waals surface area (Å²) in [6.07, 6.45) is 10.8. The van der Waals surface area contributed by atoms with Crippen LogP contribution in [0.15, 0.2) is 0 Å². The van der Waals surface area contributed by atoms with Crippen LogP contribution in [-0.4, -0.2) is 18.5 Å². The van der Waals surface area contributed by atoms with Crippen molar-refractivity contribution < 1.29 is 4.79 Å². The van der Waals surface area contributed by atoms with Crippen molar-refractivity contribution in [1.82, 2.24) is 5.32 Å². The molecule has 2 aliphatic rings. The van der Waals surface area contributed by atoms with Crippen LogP contribution in [0, 0.1) is 11.8 Å². The molecule has 3 heteroatoms. The van der Waals surface area contributed by atoms with E-state index in [4.69, 9.17) is 5.73 Å². The van der Waals surface area contributed by atoms with Crippen molar-refractivity contribution in [3.63, 3.8) is 0 Å². The fourth-order valence-corrected chi connectivity index (χ4v) is 3.39. The summed E-state index contributed by atoms with van der Waals surface area (Å²) in [5.74, 6) is 0.898. The second-order valence-electron chi connectivity index (χ2n) is 5.73. The third-order valence-corrected chi connectivity index (χ3v) is 4.50. The molecule has 2 saturated carbocycles. The molecule has 98 valence electrons. The minimum Gasteiger partial charge on any atom is -0.353 e. The van der Waals surface area contributed by atoms with Gasteiger partial charge in [0.15, 0.2) is 0 Å². The average molecular weight is 238 g/mol. The van der Waals surface area contributed by atoms with Gasteiger partial charge in [-0.25, -0.2) is 0 Å². The van der Waals surface area contributed by atoms with Crippen molar-refractivity contribution in [2.45, 2.75) is 63.8 Å². The van der Waals surface area contributed by atoms with E-state index in [-0.39, 0.29) is 11.8 Å². The third-order valence-electron chi connectivity index (χ3n) is 4.50. The number of carbonyl (C=O) groups excluding carboxylic acids is 1. The van der Waals surface area contributed by atoms with E-state index >= 15 is 0 Å². The van der Waals surface area contributed by atoms with Crippen molar-refractivity contribution >= 4 is 5.91 Å². The van der Waals surface area contributed by atoms with E-state index in [9.17, 15) is 4.79 Å².